The van der Waals surface area contributed by atoms with E-state index in [0.717, 1.165) is 25.8 Å². The molecule has 7 nitrogen and oxygen atoms in total. The molecule has 1 aliphatic carbocycles. The van der Waals surface area contributed by atoms with Gasteiger partial charge in [-0.2, -0.15) is 21.6 Å². The zero-order valence-electron chi connectivity index (χ0n) is 21.3. The van der Waals surface area contributed by atoms with E-state index in [1.165, 1.54) is 29.3 Å². The summed E-state index contributed by atoms with van der Waals surface area (Å²) in [5.41, 5.74) is -3.25. The lowest BCUT2D eigenvalue weighted by Gasteiger charge is -2.27. The number of benzene rings is 2. The Balaban J connectivity index is 1.48. The molecule has 0 heterocycles. The maximum absolute atomic E-state index is 12.6. The Labute approximate surface area is 216 Å². The molecule has 0 radical (unpaired) electrons. The zero-order chi connectivity index (χ0) is 27.3. The smallest absolute Gasteiger partial charge is 0.493 e. The van der Waals surface area contributed by atoms with Crippen molar-refractivity contribution in [1.82, 2.24) is 4.90 Å². The first-order valence-corrected chi connectivity index (χ1v) is 13.5. The van der Waals surface area contributed by atoms with Gasteiger partial charge in [0.15, 0.2) is 11.5 Å². The summed E-state index contributed by atoms with van der Waals surface area (Å²) in [6.45, 7) is 1.34. The predicted molar refractivity (Wildman–Crippen MR) is 134 cm³/mol. The molecule has 0 atom stereocenters. The van der Waals surface area contributed by atoms with Gasteiger partial charge in [-0.05, 0) is 99.5 Å². The number of nitrogens with zero attached hydrogens (tertiary/aromatic N) is 1. The number of aliphatic hydroxyl groups is 1. The summed E-state index contributed by atoms with van der Waals surface area (Å²) in [6, 6.07) is 9.62. The van der Waals surface area contributed by atoms with Gasteiger partial charge in [-0.1, -0.05) is 12.1 Å². The number of ether oxygens (including phenoxy) is 2. The van der Waals surface area contributed by atoms with Crippen LogP contribution in [0.1, 0.15) is 42.4 Å². The number of hydrogen-bond acceptors (Lipinski definition) is 7. The summed E-state index contributed by atoms with van der Waals surface area (Å²) in [7, 11) is -0.555. The van der Waals surface area contributed by atoms with Crippen molar-refractivity contribution in [2.45, 2.75) is 56.1 Å². The van der Waals surface area contributed by atoms with Crippen LogP contribution in [0, 0.1) is 0 Å². The highest BCUT2D eigenvalue weighted by molar-refractivity contribution is 7.88. The summed E-state index contributed by atoms with van der Waals surface area (Å²) in [5, 5.41) is 11.3. The fourth-order valence-corrected chi connectivity index (χ4v) is 5.03. The first-order chi connectivity index (χ1) is 17.4. The zero-order valence-corrected chi connectivity index (χ0v) is 22.1. The average Bonchev–Trinajstić information content (AvgIpc) is 3.00. The van der Waals surface area contributed by atoms with E-state index in [4.69, 9.17) is 9.47 Å². The highest BCUT2D eigenvalue weighted by atomic mass is 32.2. The van der Waals surface area contributed by atoms with Crippen LogP contribution in [0.2, 0.25) is 0 Å². The molecule has 1 aliphatic rings. The number of rotatable bonds is 11. The molecule has 0 unspecified atom stereocenters. The van der Waals surface area contributed by atoms with Crippen LogP contribution in [0.5, 0.6) is 17.2 Å². The van der Waals surface area contributed by atoms with E-state index in [1.807, 2.05) is 19.2 Å². The first-order valence-electron chi connectivity index (χ1n) is 12.1. The van der Waals surface area contributed by atoms with Gasteiger partial charge >= 0.3 is 15.6 Å². The Morgan fingerprint density at radius 3 is 2.14 bits per heavy atom. The fraction of sp³-hybridized carbons (Fsp3) is 0.538. The Morgan fingerprint density at radius 2 is 1.59 bits per heavy atom. The molecule has 2 aromatic rings. The molecule has 0 fully saturated rings. The molecule has 11 heteroatoms. The molecule has 0 spiro atoms. The molecule has 0 aromatic heterocycles. The number of methoxy groups -OCH3 is 2. The van der Waals surface area contributed by atoms with E-state index in [0.29, 0.717) is 49.3 Å². The Hall–Kier alpha value is -2.50. The molecule has 206 valence electrons. The molecule has 0 bridgehead atoms. The average molecular weight is 546 g/mol. The molecule has 3 rings (SSSR count). The SMILES string of the molecule is COc1cc2c(cc1OC)CCC(O)(CCCN(C)CCc1cccc(OS(=O)(=O)C(F)(F)F)c1)CC2. The molecule has 0 aliphatic heterocycles. The van der Waals surface area contributed by atoms with Crippen LogP contribution >= 0.6 is 0 Å². The second kappa shape index (κ2) is 11.9. The Kier molecular flexibility index (Phi) is 9.36. The first kappa shape index (κ1) is 29.1. The topological polar surface area (TPSA) is 85.3 Å². The fourth-order valence-electron chi connectivity index (χ4n) is 4.57. The largest absolute Gasteiger partial charge is 0.534 e. The monoisotopic (exact) mass is 545 g/mol. The standard InChI is InChI=1S/C26H34F3NO6S/c1-30(15-10-19-6-4-7-22(16-19)36-37(32,33)26(27,28)29)14-5-11-25(31)12-8-20-17-23(34-2)24(35-3)18-21(20)9-13-25/h4,6-7,16-18,31H,5,8-15H2,1-3H3. The number of halogens is 3. The van der Waals surface area contributed by atoms with Gasteiger partial charge in [0, 0.05) is 6.54 Å². The lowest BCUT2D eigenvalue weighted by molar-refractivity contribution is -0.0500. The van der Waals surface area contributed by atoms with Crippen molar-refractivity contribution < 1.29 is 40.4 Å². The Morgan fingerprint density at radius 1 is 1.00 bits per heavy atom. The van der Waals surface area contributed by atoms with E-state index in [9.17, 15) is 26.7 Å². The second-order valence-electron chi connectivity index (χ2n) is 9.49. The van der Waals surface area contributed by atoms with E-state index < -0.39 is 21.2 Å². The summed E-state index contributed by atoms with van der Waals surface area (Å²) in [5.74, 6) is 1.00. The maximum atomic E-state index is 12.6. The van der Waals surface area contributed by atoms with Crippen molar-refractivity contribution in [3.63, 3.8) is 0 Å². The third kappa shape index (κ3) is 7.75. The highest BCUT2D eigenvalue weighted by Gasteiger charge is 2.48. The molecule has 1 N–H and O–H groups in total. The molecular weight excluding hydrogens is 511 g/mol. The van der Waals surface area contributed by atoms with E-state index in [2.05, 4.69) is 9.08 Å². The van der Waals surface area contributed by atoms with Crippen LogP contribution in [0.15, 0.2) is 36.4 Å². The van der Waals surface area contributed by atoms with Crippen LogP contribution in [0.4, 0.5) is 13.2 Å². The minimum atomic E-state index is -5.70. The highest BCUT2D eigenvalue weighted by Crippen LogP contribution is 2.37. The second-order valence-corrected chi connectivity index (χ2v) is 11.0. The van der Waals surface area contributed by atoms with Crippen molar-refractivity contribution in [3.8, 4) is 17.2 Å². The molecule has 0 saturated carbocycles. The van der Waals surface area contributed by atoms with Crippen LogP contribution in [-0.4, -0.2) is 63.9 Å². The van der Waals surface area contributed by atoms with Gasteiger partial charge < -0.3 is 23.7 Å². The van der Waals surface area contributed by atoms with Crippen molar-refractivity contribution >= 4 is 10.1 Å². The lowest BCUT2D eigenvalue weighted by Crippen LogP contribution is -2.31. The third-order valence-corrected chi connectivity index (χ3v) is 7.76. The Bertz CT molecular complexity index is 1130. The van der Waals surface area contributed by atoms with Gasteiger partial charge in [0.05, 0.1) is 19.8 Å². The van der Waals surface area contributed by atoms with Crippen molar-refractivity contribution in [1.29, 1.82) is 0 Å². The predicted octanol–water partition coefficient (Wildman–Crippen LogP) is 4.50. The summed E-state index contributed by atoms with van der Waals surface area (Å²) in [4.78, 5) is 2.07. The number of aryl methyl sites for hydroxylation is 2. The van der Waals surface area contributed by atoms with Crippen molar-refractivity contribution in [2.75, 3.05) is 34.4 Å². The van der Waals surface area contributed by atoms with E-state index in [1.54, 1.807) is 20.3 Å². The summed E-state index contributed by atoms with van der Waals surface area (Å²) in [6.07, 6.45) is 4.76. The molecule has 0 saturated heterocycles. The number of likely N-dealkylation sites (N-methyl/N-ethyl adjacent to an activating group) is 1. The normalized spacial score (nSPS) is 15.7. The van der Waals surface area contributed by atoms with Crippen LogP contribution < -0.4 is 13.7 Å². The van der Waals surface area contributed by atoms with Crippen molar-refractivity contribution in [2.24, 2.45) is 0 Å². The van der Waals surface area contributed by atoms with Crippen LogP contribution in [-0.2, 0) is 29.4 Å². The molecule has 2 aromatic carbocycles. The van der Waals surface area contributed by atoms with Gasteiger partial charge in [-0.3, -0.25) is 0 Å². The van der Waals surface area contributed by atoms with Crippen molar-refractivity contribution in [3.05, 3.63) is 53.1 Å². The number of alkyl halides is 3. The summed E-state index contributed by atoms with van der Waals surface area (Å²) >= 11 is 0. The van der Waals surface area contributed by atoms with E-state index in [-0.39, 0.29) is 5.75 Å². The van der Waals surface area contributed by atoms with Crippen LogP contribution in [0.3, 0.4) is 0 Å². The maximum Gasteiger partial charge on any atom is 0.534 e. The lowest BCUT2D eigenvalue weighted by atomic mass is 9.89. The molecular formula is C26H34F3NO6S. The number of hydrogen-bond donors (Lipinski definition) is 1. The van der Waals surface area contributed by atoms with Gasteiger partial charge in [-0.15, -0.1) is 0 Å². The van der Waals surface area contributed by atoms with Crippen LogP contribution in [0.25, 0.3) is 0 Å². The molecule has 37 heavy (non-hydrogen) atoms. The van der Waals surface area contributed by atoms with Gasteiger partial charge in [0.2, 0.25) is 0 Å². The van der Waals surface area contributed by atoms with Gasteiger partial charge in [0.25, 0.3) is 0 Å². The van der Waals surface area contributed by atoms with Gasteiger partial charge in [-0.25, -0.2) is 0 Å². The molecule has 0 amide bonds. The minimum Gasteiger partial charge on any atom is -0.493 e. The third-order valence-electron chi connectivity index (χ3n) is 6.78. The number of fused-ring (bicyclic) bond motifs is 1. The minimum absolute atomic E-state index is 0.371. The summed E-state index contributed by atoms with van der Waals surface area (Å²) < 4.78 is 75.2. The van der Waals surface area contributed by atoms with E-state index >= 15 is 0 Å². The van der Waals surface area contributed by atoms with Gasteiger partial charge in [0.1, 0.15) is 5.75 Å². The quantitative estimate of drug-likeness (QED) is 0.253.